The lowest BCUT2D eigenvalue weighted by Gasteiger charge is -2.09. The molecule has 0 bridgehead atoms. The quantitative estimate of drug-likeness (QED) is 0.367. The lowest BCUT2D eigenvalue weighted by molar-refractivity contribution is -0.144. The fourth-order valence-electron chi connectivity index (χ4n) is 1.52. The van der Waals surface area contributed by atoms with Gasteiger partial charge in [-0.1, -0.05) is 17.7 Å². The van der Waals surface area contributed by atoms with Crippen molar-refractivity contribution in [3.63, 3.8) is 0 Å². The molecule has 118 valence electrons. The van der Waals surface area contributed by atoms with Gasteiger partial charge in [0.05, 0.1) is 30.5 Å². The molecular formula is C14H15ClN2O5. The summed E-state index contributed by atoms with van der Waals surface area (Å²) in [5.41, 5.74) is 0.250. The molecule has 0 aliphatic heterocycles. The molecule has 8 heteroatoms. The van der Waals surface area contributed by atoms with Gasteiger partial charge in [0, 0.05) is 13.2 Å². The minimum Gasteiger partial charge on any atom is -0.465 e. The average Bonchev–Trinajstić information content (AvgIpc) is 2.54. The first-order valence-corrected chi connectivity index (χ1v) is 6.48. The molecule has 2 N–H and O–H groups in total. The van der Waals surface area contributed by atoms with Crippen LogP contribution in [0.1, 0.15) is 10.4 Å². The van der Waals surface area contributed by atoms with Crippen LogP contribution in [0.25, 0.3) is 0 Å². The number of rotatable bonds is 5. The van der Waals surface area contributed by atoms with Crippen molar-refractivity contribution in [1.29, 1.82) is 0 Å². The number of methoxy groups -OCH3 is 2. The summed E-state index contributed by atoms with van der Waals surface area (Å²) in [5.74, 6) is -2.09. The molecule has 0 unspecified atom stereocenters. The van der Waals surface area contributed by atoms with E-state index in [2.05, 4.69) is 20.1 Å². The van der Waals surface area contributed by atoms with Crippen LogP contribution in [-0.4, -0.2) is 39.1 Å². The normalized spacial score (nSPS) is 9.45. The number of halogens is 1. The van der Waals surface area contributed by atoms with E-state index >= 15 is 0 Å². The van der Waals surface area contributed by atoms with Crippen LogP contribution in [-0.2, 0) is 19.1 Å². The second kappa shape index (κ2) is 8.04. The van der Waals surface area contributed by atoms with E-state index in [1.54, 1.807) is 12.1 Å². The van der Waals surface area contributed by atoms with Gasteiger partial charge in [0.15, 0.2) is 5.57 Å². The molecule has 1 aromatic rings. The Bertz CT molecular complexity index is 610. The van der Waals surface area contributed by atoms with E-state index < -0.39 is 11.9 Å². The molecule has 0 radical (unpaired) electrons. The number of carbonyl (C=O) groups is 3. The van der Waals surface area contributed by atoms with E-state index in [1.165, 1.54) is 13.1 Å². The molecule has 0 aromatic heterocycles. The SMILES string of the molecule is CNC(=O)c1cccc(NC=C(C(=O)OC)C(=O)OC)c1Cl. The lowest BCUT2D eigenvalue weighted by Crippen LogP contribution is -2.19. The van der Waals surface area contributed by atoms with Gasteiger partial charge in [0.2, 0.25) is 0 Å². The molecule has 0 aliphatic carbocycles. The van der Waals surface area contributed by atoms with E-state index in [9.17, 15) is 14.4 Å². The number of ether oxygens (including phenoxy) is 2. The van der Waals surface area contributed by atoms with E-state index in [4.69, 9.17) is 11.6 Å². The van der Waals surface area contributed by atoms with Gasteiger partial charge in [0.1, 0.15) is 0 Å². The Kier molecular flexibility index (Phi) is 6.40. The Morgan fingerprint density at radius 2 is 1.73 bits per heavy atom. The highest BCUT2D eigenvalue weighted by Crippen LogP contribution is 2.26. The maximum absolute atomic E-state index is 11.6. The first kappa shape index (κ1) is 17.5. The molecule has 0 spiro atoms. The largest absolute Gasteiger partial charge is 0.465 e. The van der Waals surface area contributed by atoms with Crippen LogP contribution in [0, 0.1) is 0 Å². The molecule has 0 saturated heterocycles. The molecule has 0 atom stereocenters. The summed E-state index contributed by atoms with van der Waals surface area (Å²) in [6.45, 7) is 0. The second-order valence-electron chi connectivity index (χ2n) is 3.93. The van der Waals surface area contributed by atoms with Crippen molar-refractivity contribution >= 4 is 35.1 Å². The van der Waals surface area contributed by atoms with Crippen LogP contribution < -0.4 is 10.6 Å². The van der Waals surface area contributed by atoms with Gasteiger partial charge in [0.25, 0.3) is 5.91 Å². The van der Waals surface area contributed by atoms with Crippen LogP contribution in [0.2, 0.25) is 5.02 Å². The van der Waals surface area contributed by atoms with Crippen molar-refractivity contribution in [3.05, 3.63) is 40.6 Å². The third-order valence-corrected chi connectivity index (χ3v) is 3.06. The summed E-state index contributed by atoms with van der Waals surface area (Å²) in [4.78, 5) is 34.7. The molecule has 7 nitrogen and oxygen atoms in total. The van der Waals surface area contributed by atoms with Gasteiger partial charge in [-0.15, -0.1) is 0 Å². The Hall–Kier alpha value is -2.54. The van der Waals surface area contributed by atoms with Gasteiger partial charge in [-0.05, 0) is 12.1 Å². The summed E-state index contributed by atoms with van der Waals surface area (Å²) < 4.78 is 8.98. The molecule has 1 rings (SSSR count). The zero-order valence-corrected chi connectivity index (χ0v) is 13.0. The molecule has 1 amide bonds. The molecule has 0 aliphatic rings. The second-order valence-corrected chi connectivity index (χ2v) is 4.31. The molecule has 0 heterocycles. The van der Waals surface area contributed by atoms with Gasteiger partial charge in [-0.3, -0.25) is 4.79 Å². The number of amides is 1. The maximum Gasteiger partial charge on any atom is 0.346 e. The number of hydrogen-bond acceptors (Lipinski definition) is 6. The first-order valence-electron chi connectivity index (χ1n) is 6.10. The van der Waals surface area contributed by atoms with Crippen molar-refractivity contribution in [2.45, 2.75) is 0 Å². The summed E-state index contributed by atoms with van der Waals surface area (Å²) >= 11 is 6.11. The van der Waals surface area contributed by atoms with E-state index in [0.29, 0.717) is 5.69 Å². The maximum atomic E-state index is 11.6. The third-order valence-electron chi connectivity index (χ3n) is 2.65. The van der Waals surface area contributed by atoms with Crippen LogP contribution in [0.15, 0.2) is 30.0 Å². The zero-order valence-electron chi connectivity index (χ0n) is 12.2. The predicted molar refractivity (Wildman–Crippen MR) is 80.6 cm³/mol. The highest BCUT2D eigenvalue weighted by molar-refractivity contribution is 6.36. The lowest BCUT2D eigenvalue weighted by atomic mass is 10.2. The molecule has 0 saturated carbocycles. The Labute approximate surface area is 132 Å². The number of hydrogen-bond donors (Lipinski definition) is 2. The summed E-state index contributed by atoms with van der Waals surface area (Å²) in [5, 5.41) is 5.29. The number of nitrogens with one attached hydrogen (secondary N) is 2. The van der Waals surface area contributed by atoms with E-state index in [1.807, 2.05) is 0 Å². The molecule has 0 fully saturated rings. The zero-order chi connectivity index (χ0) is 16.7. The van der Waals surface area contributed by atoms with Crippen molar-refractivity contribution in [3.8, 4) is 0 Å². The Morgan fingerprint density at radius 3 is 2.23 bits per heavy atom. The minimum absolute atomic E-state index is 0.146. The number of esters is 2. The van der Waals surface area contributed by atoms with Crippen molar-refractivity contribution < 1.29 is 23.9 Å². The van der Waals surface area contributed by atoms with Crippen molar-refractivity contribution in [1.82, 2.24) is 5.32 Å². The van der Waals surface area contributed by atoms with Gasteiger partial charge in [-0.2, -0.15) is 0 Å². The van der Waals surface area contributed by atoms with E-state index in [0.717, 1.165) is 20.4 Å². The van der Waals surface area contributed by atoms with Crippen LogP contribution >= 0.6 is 11.6 Å². The average molecular weight is 327 g/mol. The monoisotopic (exact) mass is 326 g/mol. The van der Waals surface area contributed by atoms with Gasteiger partial charge < -0.3 is 20.1 Å². The fourth-order valence-corrected chi connectivity index (χ4v) is 1.79. The smallest absolute Gasteiger partial charge is 0.346 e. The molecule has 1 aromatic carbocycles. The highest BCUT2D eigenvalue weighted by atomic mass is 35.5. The molecule has 22 heavy (non-hydrogen) atoms. The predicted octanol–water partition coefficient (Wildman–Crippen LogP) is 1.34. The first-order chi connectivity index (χ1) is 10.5. The third kappa shape index (κ3) is 3.98. The van der Waals surface area contributed by atoms with Crippen LogP contribution in [0.5, 0.6) is 0 Å². The van der Waals surface area contributed by atoms with Gasteiger partial charge >= 0.3 is 11.9 Å². The Balaban J connectivity index is 3.12. The standard InChI is InChI=1S/C14H15ClN2O5/c1-16-12(18)8-5-4-6-10(11(8)15)17-7-9(13(19)21-2)14(20)22-3/h4-7,17H,1-3H3,(H,16,18). The highest BCUT2D eigenvalue weighted by Gasteiger charge is 2.20. The van der Waals surface area contributed by atoms with Crippen LogP contribution in [0.3, 0.4) is 0 Å². The summed E-state index contributed by atoms with van der Waals surface area (Å²) in [7, 11) is 3.75. The van der Waals surface area contributed by atoms with Crippen LogP contribution in [0.4, 0.5) is 5.69 Å². The Morgan fingerprint density at radius 1 is 1.14 bits per heavy atom. The number of carbonyl (C=O) groups excluding carboxylic acids is 3. The molecular weight excluding hydrogens is 312 g/mol. The van der Waals surface area contributed by atoms with Gasteiger partial charge in [-0.25, -0.2) is 9.59 Å². The topological polar surface area (TPSA) is 93.7 Å². The number of benzene rings is 1. The van der Waals surface area contributed by atoms with Crippen molar-refractivity contribution in [2.75, 3.05) is 26.6 Å². The fraction of sp³-hybridized carbons (Fsp3) is 0.214. The summed E-state index contributed by atoms with van der Waals surface area (Å²) in [6, 6.07) is 4.72. The number of anilines is 1. The minimum atomic E-state index is -0.863. The summed E-state index contributed by atoms with van der Waals surface area (Å²) in [6.07, 6.45) is 1.10. The van der Waals surface area contributed by atoms with E-state index in [-0.39, 0.29) is 22.1 Å². The van der Waals surface area contributed by atoms with Crippen molar-refractivity contribution in [2.24, 2.45) is 0 Å².